The van der Waals surface area contributed by atoms with Crippen LogP contribution in [0.5, 0.6) is 5.75 Å². The number of urea groups is 1. The van der Waals surface area contributed by atoms with Crippen molar-refractivity contribution in [2.45, 2.75) is 27.2 Å². The molecule has 38 heavy (non-hydrogen) atoms. The van der Waals surface area contributed by atoms with E-state index in [2.05, 4.69) is 37.4 Å². The predicted molar refractivity (Wildman–Crippen MR) is 149 cm³/mol. The fourth-order valence-corrected chi connectivity index (χ4v) is 4.95. The number of fused-ring (bicyclic) bond motifs is 1. The number of benzene rings is 4. The van der Waals surface area contributed by atoms with Gasteiger partial charge in [0.15, 0.2) is 0 Å². The van der Waals surface area contributed by atoms with Gasteiger partial charge in [0.1, 0.15) is 11.3 Å². The minimum atomic E-state index is -0.783. The highest BCUT2D eigenvalue weighted by molar-refractivity contribution is 6.39. The third kappa shape index (κ3) is 4.93. The van der Waals surface area contributed by atoms with Crippen molar-refractivity contribution in [1.82, 2.24) is 5.32 Å². The van der Waals surface area contributed by atoms with Gasteiger partial charge in [0.25, 0.3) is 11.8 Å². The van der Waals surface area contributed by atoms with Gasteiger partial charge in [0.05, 0.1) is 12.3 Å². The number of carbonyl (C=O) groups excluding carboxylic acids is 3. The maximum Gasteiger partial charge on any atom is 0.335 e. The summed E-state index contributed by atoms with van der Waals surface area (Å²) < 4.78 is 5.47. The van der Waals surface area contributed by atoms with E-state index in [0.29, 0.717) is 24.5 Å². The lowest BCUT2D eigenvalue weighted by Crippen LogP contribution is -2.54. The minimum absolute atomic E-state index is 0.100. The Balaban J connectivity index is 1.60. The van der Waals surface area contributed by atoms with Gasteiger partial charge in [-0.15, -0.1) is 0 Å². The molecule has 0 radical (unpaired) electrons. The molecule has 0 bridgehead atoms. The number of carbonyl (C=O) groups is 3. The smallest absolute Gasteiger partial charge is 0.335 e. The molecule has 4 aromatic rings. The number of barbiturate groups is 1. The number of hydrogen-bond acceptors (Lipinski definition) is 4. The molecule has 190 valence electrons. The Morgan fingerprint density at radius 2 is 1.58 bits per heavy atom. The van der Waals surface area contributed by atoms with Crippen LogP contribution in [0, 0.1) is 13.8 Å². The number of nitrogens with zero attached hydrogens (tertiary/aromatic N) is 1. The molecule has 0 aromatic heterocycles. The first-order valence-electron chi connectivity index (χ1n) is 12.6. The molecule has 0 aliphatic carbocycles. The van der Waals surface area contributed by atoms with Gasteiger partial charge in [-0.2, -0.15) is 0 Å². The first kappa shape index (κ1) is 25.0. The second kappa shape index (κ2) is 10.3. The number of anilines is 1. The number of ether oxygens (including phenoxy) is 1. The van der Waals surface area contributed by atoms with Crippen molar-refractivity contribution in [2.24, 2.45) is 0 Å². The molecule has 1 aliphatic heterocycles. The van der Waals surface area contributed by atoms with Gasteiger partial charge in [0, 0.05) is 0 Å². The average molecular weight is 505 g/mol. The molecule has 6 heteroatoms. The summed E-state index contributed by atoms with van der Waals surface area (Å²) in [7, 11) is 0. The molecule has 4 amide bonds. The molecule has 0 unspecified atom stereocenters. The van der Waals surface area contributed by atoms with Gasteiger partial charge in [-0.3, -0.25) is 14.9 Å². The van der Waals surface area contributed by atoms with Crippen molar-refractivity contribution in [2.75, 3.05) is 11.5 Å². The molecule has 0 atom stereocenters. The molecule has 5 rings (SSSR count). The summed E-state index contributed by atoms with van der Waals surface area (Å²) in [4.78, 5) is 40.3. The highest BCUT2D eigenvalue weighted by Crippen LogP contribution is 2.30. The maximum absolute atomic E-state index is 13.6. The van der Waals surface area contributed by atoms with Crippen molar-refractivity contribution in [3.63, 3.8) is 0 Å². The molecule has 1 N–H and O–H groups in total. The van der Waals surface area contributed by atoms with E-state index >= 15 is 0 Å². The van der Waals surface area contributed by atoms with Gasteiger partial charge >= 0.3 is 6.03 Å². The lowest BCUT2D eigenvalue weighted by molar-refractivity contribution is -0.122. The monoisotopic (exact) mass is 504 g/mol. The van der Waals surface area contributed by atoms with Crippen LogP contribution in [0.3, 0.4) is 0 Å². The Bertz CT molecular complexity index is 1580. The van der Waals surface area contributed by atoms with E-state index in [4.69, 9.17) is 4.74 Å². The number of hydrogen-bond donors (Lipinski definition) is 1. The van der Waals surface area contributed by atoms with Gasteiger partial charge in [-0.05, 0) is 85.0 Å². The van der Waals surface area contributed by atoms with E-state index in [1.165, 1.54) is 11.1 Å². The third-order valence-corrected chi connectivity index (χ3v) is 6.53. The van der Waals surface area contributed by atoms with E-state index in [1.807, 2.05) is 43.3 Å². The van der Waals surface area contributed by atoms with E-state index in [1.54, 1.807) is 30.3 Å². The first-order valence-corrected chi connectivity index (χ1v) is 12.6. The molecular formula is C32H28N2O4. The number of amides is 4. The molecule has 6 nitrogen and oxygen atoms in total. The summed E-state index contributed by atoms with van der Waals surface area (Å²) in [5, 5.41) is 4.24. The fraction of sp³-hybridized carbons (Fsp3) is 0.156. The summed E-state index contributed by atoms with van der Waals surface area (Å²) in [5.41, 5.74) is 5.49. The Labute approximate surface area is 221 Å². The first-order chi connectivity index (χ1) is 18.3. The molecule has 0 spiro atoms. The highest BCUT2D eigenvalue weighted by Gasteiger charge is 2.37. The average Bonchev–Trinajstić information content (AvgIpc) is 2.88. The summed E-state index contributed by atoms with van der Waals surface area (Å²) in [6.07, 6.45) is 2.25. The van der Waals surface area contributed by atoms with Crippen LogP contribution in [0.4, 0.5) is 10.5 Å². The standard InChI is InChI=1S/C32H28N2O4/c1-4-38-26-13-11-25(12-14-26)34-31(36)29(30(35)33-32(34)37)19-28-24(10-9-23-7-5-6-8-27(23)28)18-22-16-20(2)15-21(3)17-22/h5-17,19H,4,18H2,1-3H3,(H,33,35,37)/b29-19+. The van der Waals surface area contributed by atoms with Crippen LogP contribution in [-0.2, 0) is 16.0 Å². The van der Waals surface area contributed by atoms with E-state index < -0.39 is 17.8 Å². The largest absolute Gasteiger partial charge is 0.494 e. The number of imide groups is 2. The van der Waals surface area contributed by atoms with Crippen LogP contribution in [0.25, 0.3) is 16.8 Å². The minimum Gasteiger partial charge on any atom is -0.494 e. The van der Waals surface area contributed by atoms with Crippen LogP contribution < -0.4 is 15.0 Å². The van der Waals surface area contributed by atoms with E-state index in [0.717, 1.165) is 32.4 Å². The molecular weight excluding hydrogens is 476 g/mol. The number of nitrogens with one attached hydrogen (secondary N) is 1. The van der Waals surface area contributed by atoms with Gasteiger partial charge < -0.3 is 4.74 Å². The summed E-state index contributed by atoms with van der Waals surface area (Å²) in [6.45, 7) is 6.51. The number of rotatable bonds is 6. The van der Waals surface area contributed by atoms with E-state index in [-0.39, 0.29) is 5.57 Å². The van der Waals surface area contributed by atoms with Crippen LogP contribution in [0.1, 0.15) is 34.7 Å². The fourth-order valence-electron chi connectivity index (χ4n) is 4.95. The number of aryl methyl sites for hydroxylation is 2. The Morgan fingerprint density at radius 3 is 2.29 bits per heavy atom. The van der Waals surface area contributed by atoms with Crippen LogP contribution in [0.2, 0.25) is 0 Å². The topological polar surface area (TPSA) is 75.7 Å². The zero-order chi connectivity index (χ0) is 26.8. The van der Waals surface area contributed by atoms with Crippen LogP contribution in [0.15, 0.2) is 84.4 Å². The Kier molecular flexibility index (Phi) is 6.79. The van der Waals surface area contributed by atoms with Gasteiger partial charge in [-0.25, -0.2) is 9.69 Å². The lowest BCUT2D eigenvalue weighted by Gasteiger charge is -2.26. The second-order valence-corrected chi connectivity index (χ2v) is 9.42. The van der Waals surface area contributed by atoms with Crippen molar-refractivity contribution in [3.05, 3.63) is 112 Å². The van der Waals surface area contributed by atoms with Gasteiger partial charge in [0.2, 0.25) is 0 Å². The second-order valence-electron chi connectivity index (χ2n) is 9.42. The zero-order valence-corrected chi connectivity index (χ0v) is 21.6. The van der Waals surface area contributed by atoms with Crippen LogP contribution in [-0.4, -0.2) is 24.5 Å². The molecule has 1 saturated heterocycles. The van der Waals surface area contributed by atoms with Crippen LogP contribution >= 0.6 is 0 Å². The highest BCUT2D eigenvalue weighted by atomic mass is 16.5. The Morgan fingerprint density at radius 1 is 0.868 bits per heavy atom. The third-order valence-electron chi connectivity index (χ3n) is 6.53. The lowest BCUT2D eigenvalue weighted by atomic mass is 9.91. The molecule has 0 saturated carbocycles. The summed E-state index contributed by atoms with van der Waals surface area (Å²) in [6, 6.07) is 24.2. The van der Waals surface area contributed by atoms with Crippen molar-refractivity contribution in [1.29, 1.82) is 0 Å². The molecule has 1 fully saturated rings. The maximum atomic E-state index is 13.6. The summed E-state index contributed by atoms with van der Waals surface area (Å²) >= 11 is 0. The quantitative estimate of drug-likeness (QED) is 0.254. The van der Waals surface area contributed by atoms with Crippen molar-refractivity contribution in [3.8, 4) is 5.75 Å². The SMILES string of the molecule is CCOc1ccc(N2C(=O)NC(=O)/C(=C\c3c(Cc4cc(C)cc(C)c4)ccc4ccccc34)C2=O)cc1. The molecule has 1 heterocycles. The molecule has 1 aliphatic rings. The summed E-state index contributed by atoms with van der Waals surface area (Å²) in [5.74, 6) is -0.764. The predicted octanol–water partition coefficient (Wildman–Crippen LogP) is 6.11. The van der Waals surface area contributed by atoms with Gasteiger partial charge in [-0.1, -0.05) is 65.7 Å². The van der Waals surface area contributed by atoms with Crippen molar-refractivity contribution < 1.29 is 19.1 Å². The van der Waals surface area contributed by atoms with Crippen molar-refractivity contribution >= 4 is 40.4 Å². The zero-order valence-electron chi connectivity index (χ0n) is 21.6. The normalized spacial score (nSPS) is 14.8. The molecule has 4 aromatic carbocycles. The Hall–Kier alpha value is -4.71. The van der Waals surface area contributed by atoms with E-state index in [9.17, 15) is 14.4 Å².